The number of thiazole rings is 1. The molecule has 0 unspecified atom stereocenters. The van der Waals surface area contributed by atoms with E-state index in [1.165, 1.54) is 23.7 Å². The molecule has 2 atom stereocenters. The molecule has 5 rings (SSSR count). The number of hydrogen-bond acceptors (Lipinski definition) is 10. The Labute approximate surface area is 220 Å². The quantitative estimate of drug-likeness (QED) is 0.395. The molecule has 4 heterocycles. The molecule has 1 saturated heterocycles. The maximum absolute atomic E-state index is 13.3. The molecule has 1 saturated carbocycles. The molecule has 0 spiro atoms. The number of piperidine rings is 1. The average Bonchev–Trinajstić information content (AvgIpc) is 3.67. The third kappa shape index (κ3) is 6.13. The van der Waals surface area contributed by atoms with Crippen LogP contribution in [-0.4, -0.2) is 58.7 Å². The van der Waals surface area contributed by atoms with Gasteiger partial charge in [0.15, 0.2) is 14.8 Å². The van der Waals surface area contributed by atoms with Crippen molar-refractivity contribution in [1.82, 2.24) is 30.6 Å². The number of pyridine rings is 1. The molecule has 0 aromatic carbocycles. The molecule has 2 fully saturated rings. The van der Waals surface area contributed by atoms with E-state index >= 15 is 0 Å². The minimum atomic E-state index is -3.37. The van der Waals surface area contributed by atoms with Crippen molar-refractivity contribution in [3.05, 3.63) is 47.6 Å². The molecule has 0 bridgehead atoms. The van der Waals surface area contributed by atoms with Crippen LogP contribution < -0.4 is 15.4 Å². The Kier molecular flexibility index (Phi) is 7.77. The van der Waals surface area contributed by atoms with Crippen molar-refractivity contribution >= 4 is 27.1 Å². The Balaban J connectivity index is 1.37. The summed E-state index contributed by atoms with van der Waals surface area (Å²) >= 11 is 1.21. The van der Waals surface area contributed by atoms with E-state index in [2.05, 4.69) is 30.6 Å². The number of hydrogen-bond donors (Lipinski definition) is 2. The van der Waals surface area contributed by atoms with E-state index in [1.807, 2.05) is 6.92 Å². The average molecular weight is 543 g/mol. The van der Waals surface area contributed by atoms with E-state index in [0.717, 1.165) is 25.8 Å². The van der Waals surface area contributed by atoms with E-state index in [-0.39, 0.29) is 27.1 Å². The summed E-state index contributed by atoms with van der Waals surface area (Å²) in [6.07, 6.45) is 11.5. The van der Waals surface area contributed by atoms with Gasteiger partial charge in [-0.25, -0.2) is 18.4 Å². The number of aromatic nitrogens is 4. The molecule has 1 aliphatic carbocycles. The van der Waals surface area contributed by atoms with E-state index < -0.39 is 15.9 Å². The lowest BCUT2D eigenvalue weighted by Gasteiger charge is -2.28. The van der Waals surface area contributed by atoms with Crippen molar-refractivity contribution in [2.45, 2.75) is 67.7 Å². The maximum atomic E-state index is 13.3. The van der Waals surface area contributed by atoms with Crippen LogP contribution in [0.2, 0.25) is 0 Å². The first kappa shape index (κ1) is 25.7. The molecule has 2 N–H and O–H groups in total. The highest BCUT2D eigenvalue weighted by molar-refractivity contribution is 7.92. The molecule has 3 aromatic rings. The van der Waals surface area contributed by atoms with Crippen molar-refractivity contribution in [2.75, 3.05) is 13.2 Å². The van der Waals surface area contributed by atoms with E-state index in [0.29, 0.717) is 48.0 Å². The number of carbonyl (C=O) groups is 1. The number of amides is 1. The highest BCUT2D eigenvalue weighted by atomic mass is 32.2. The molecule has 196 valence electrons. The first-order valence-corrected chi connectivity index (χ1v) is 15.0. The standard InChI is InChI=1S/C25H30N6O4S2/c1-2-35-23-15-26-13-21(30-23)22-14-29-25(36-22)24(32)31-20(11-16-5-3-4-9-27-16)19-12-18(8-10-28-19)37(33,34)17-6-7-17/h8,10,12-17,20,27H,2-7,9,11H2,1H3,(H,31,32)/t16-,20+/m1/s1. The molecule has 12 heteroatoms. The number of rotatable bonds is 10. The van der Waals surface area contributed by atoms with Gasteiger partial charge in [0.2, 0.25) is 5.88 Å². The number of sulfone groups is 1. The van der Waals surface area contributed by atoms with Crippen LogP contribution in [-0.2, 0) is 9.84 Å². The Morgan fingerprint density at radius 1 is 1.22 bits per heavy atom. The molecule has 0 radical (unpaired) electrons. The summed E-state index contributed by atoms with van der Waals surface area (Å²) in [6, 6.07) is 2.89. The Hall–Kier alpha value is -2.96. The van der Waals surface area contributed by atoms with Crippen LogP contribution in [0.5, 0.6) is 5.88 Å². The largest absolute Gasteiger partial charge is 0.477 e. The summed E-state index contributed by atoms with van der Waals surface area (Å²) in [7, 11) is -3.37. The van der Waals surface area contributed by atoms with E-state index in [4.69, 9.17) is 4.74 Å². The SMILES string of the molecule is CCOc1cncc(-c2cnc(C(=O)N[C@@H](C[C@H]3CCCCN3)c3cc(S(=O)(=O)C4CC4)ccn3)s2)n1. The molecule has 37 heavy (non-hydrogen) atoms. The fourth-order valence-electron chi connectivity index (χ4n) is 4.43. The van der Waals surface area contributed by atoms with Crippen LogP contribution in [0.4, 0.5) is 0 Å². The minimum absolute atomic E-state index is 0.202. The van der Waals surface area contributed by atoms with Gasteiger partial charge < -0.3 is 15.4 Å². The third-order valence-electron chi connectivity index (χ3n) is 6.50. The predicted octanol–water partition coefficient (Wildman–Crippen LogP) is 3.33. The van der Waals surface area contributed by atoms with Gasteiger partial charge in [-0.15, -0.1) is 11.3 Å². The van der Waals surface area contributed by atoms with Gasteiger partial charge >= 0.3 is 0 Å². The first-order chi connectivity index (χ1) is 17.9. The maximum Gasteiger partial charge on any atom is 0.280 e. The zero-order valence-electron chi connectivity index (χ0n) is 20.6. The van der Waals surface area contributed by atoms with Crippen LogP contribution in [0.3, 0.4) is 0 Å². The van der Waals surface area contributed by atoms with Gasteiger partial charge in [-0.05, 0) is 57.7 Å². The fourth-order valence-corrected chi connectivity index (χ4v) is 6.88. The molecule has 1 amide bonds. The van der Waals surface area contributed by atoms with Crippen molar-refractivity contribution in [2.24, 2.45) is 0 Å². The lowest BCUT2D eigenvalue weighted by atomic mass is 9.96. The Bertz CT molecular complexity index is 1350. The molecular formula is C25H30N6O4S2. The van der Waals surface area contributed by atoms with Gasteiger partial charge in [0.25, 0.3) is 5.91 Å². The van der Waals surface area contributed by atoms with E-state index in [9.17, 15) is 13.2 Å². The van der Waals surface area contributed by atoms with Gasteiger partial charge in [0.05, 0.1) is 45.8 Å². The van der Waals surface area contributed by atoms with Crippen molar-refractivity contribution < 1.29 is 17.9 Å². The number of carbonyl (C=O) groups excluding carboxylic acids is 1. The number of ether oxygens (including phenoxy) is 1. The second-order valence-electron chi connectivity index (χ2n) is 9.27. The highest BCUT2D eigenvalue weighted by Gasteiger charge is 2.37. The summed E-state index contributed by atoms with van der Waals surface area (Å²) in [5, 5.41) is 6.55. The summed E-state index contributed by atoms with van der Waals surface area (Å²) in [4.78, 5) is 31.6. The lowest BCUT2D eigenvalue weighted by Crippen LogP contribution is -2.39. The van der Waals surface area contributed by atoms with E-state index in [1.54, 1.807) is 24.5 Å². The number of nitrogens with zero attached hydrogens (tertiary/aromatic N) is 4. The van der Waals surface area contributed by atoms with Gasteiger partial charge in [-0.1, -0.05) is 6.42 Å². The minimum Gasteiger partial charge on any atom is -0.477 e. The van der Waals surface area contributed by atoms with Crippen molar-refractivity contribution in [3.63, 3.8) is 0 Å². The Morgan fingerprint density at radius 3 is 2.84 bits per heavy atom. The smallest absolute Gasteiger partial charge is 0.280 e. The van der Waals surface area contributed by atoms with Gasteiger partial charge in [0.1, 0.15) is 5.69 Å². The summed E-state index contributed by atoms with van der Waals surface area (Å²) in [5.74, 6) is 0.0646. The molecule has 3 aromatic heterocycles. The summed E-state index contributed by atoms with van der Waals surface area (Å²) in [5.41, 5.74) is 1.11. The van der Waals surface area contributed by atoms with Gasteiger partial charge in [0, 0.05) is 18.4 Å². The second kappa shape index (κ2) is 11.2. The topological polar surface area (TPSA) is 136 Å². The molecular weight excluding hydrogens is 512 g/mol. The van der Waals surface area contributed by atoms with Crippen LogP contribution in [0.1, 0.15) is 67.0 Å². The van der Waals surface area contributed by atoms with Crippen LogP contribution >= 0.6 is 11.3 Å². The normalized spacial score (nSPS) is 18.8. The fraction of sp³-hybridized carbons (Fsp3) is 0.480. The molecule has 1 aliphatic heterocycles. The van der Waals surface area contributed by atoms with Crippen LogP contribution in [0.25, 0.3) is 10.6 Å². The predicted molar refractivity (Wildman–Crippen MR) is 139 cm³/mol. The zero-order chi connectivity index (χ0) is 25.8. The van der Waals surface area contributed by atoms with Crippen LogP contribution in [0, 0.1) is 0 Å². The van der Waals surface area contributed by atoms with Gasteiger partial charge in [-0.2, -0.15) is 0 Å². The lowest BCUT2D eigenvalue weighted by molar-refractivity contribution is 0.0929. The second-order valence-corrected chi connectivity index (χ2v) is 12.5. The highest BCUT2D eigenvalue weighted by Crippen LogP contribution is 2.34. The third-order valence-corrected chi connectivity index (χ3v) is 9.77. The van der Waals surface area contributed by atoms with Gasteiger partial charge in [-0.3, -0.25) is 14.8 Å². The zero-order valence-corrected chi connectivity index (χ0v) is 22.2. The van der Waals surface area contributed by atoms with Crippen molar-refractivity contribution in [1.29, 1.82) is 0 Å². The summed E-state index contributed by atoms with van der Waals surface area (Å²) < 4.78 is 31.1. The molecule has 10 nitrogen and oxygen atoms in total. The monoisotopic (exact) mass is 542 g/mol. The van der Waals surface area contributed by atoms with Crippen molar-refractivity contribution in [3.8, 4) is 16.5 Å². The summed E-state index contributed by atoms with van der Waals surface area (Å²) in [6.45, 7) is 3.27. The first-order valence-electron chi connectivity index (χ1n) is 12.6. The van der Waals surface area contributed by atoms with Crippen LogP contribution in [0.15, 0.2) is 41.8 Å². The number of nitrogens with one attached hydrogen (secondary N) is 2. The molecule has 2 aliphatic rings. The Morgan fingerprint density at radius 2 is 2.08 bits per heavy atom.